The maximum atomic E-state index is 11.9. The summed E-state index contributed by atoms with van der Waals surface area (Å²) in [7, 11) is 0. The third-order valence-electron chi connectivity index (χ3n) is 3.47. The molecule has 2 heterocycles. The molecule has 1 aromatic carbocycles. The molecule has 1 unspecified atom stereocenters. The van der Waals surface area contributed by atoms with Gasteiger partial charge in [-0.25, -0.2) is 0 Å². The summed E-state index contributed by atoms with van der Waals surface area (Å²) < 4.78 is 10.4. The van der Waals surface area contributed by atoms with Crippen molar-refractivity contribution in [3.8, 4) is 11.5 Å². The molecule has 2 aromatic rings. The van der Waals surface area contributed by atoms with Crippen LogP contribution < -0.4 is 20.1 Å². The molecular weight excluding hydrogens is 332 g/mol. The van der Waals surface area contributed by atoms with Gasteiger partial charge in [0.05, 0.1) is 6.10 Å². The van der Waals surface area contributed by atoms with Gasteiger partial charge in [-0.1, -0.05) is 0 Å². The third-order valence-corrected chi connectivity index (χ3v) is 4.17. The number of aliphatic hydroxyl groups excluding tert-OH is 1. The van der Waals surface area contributed by atoms with Gasteiger partial charge >= 0.3 is 11.8 Å². The molecular formula is C16H16N2O5S. The van der Waals surface area contributed by atoms with Crippen LogP contribution in [0.5, 0.6) is 11.5 Å². The van der Waals surface area contributed by atoms with E-state index in [4.69, 9.17) is 9.47 Å². The lowest BCUT2D eigenvalue weighted by atomic mass is 10.1. The van der Waals surface area contributed by atoms with E-state index in [9.17, 15) is 14.7 Å². The molecule has 24 heavy (non-hydrogen) atoms. The van der Waals surface area contributed by atoms with E-state index in [0.717, 1.165) is 5.56 Å². The Morgan fingerprint density at radius 2 is 2.04 bits per heavy atom. The number of aliphatic hydroxyl groups is 1. The van der Waals surface area contributed by atoms with Crippen LogP contribution in [-0.2, 0) is 9.59 Å². The number of ether oxygens (including phenoxy) is 2. The van der Waals surface area contributed by atoms with Crippen molar-refractivity contribution in [2.45, 2.75) is 12.5 Å². The number of amides is 2. The van der Waals surface area contributed by atoms with E-state index in [1.54, 1.807) is 18.2 Å². The van der Waals surface area contributed by atoms with E-state index >= 15 is 0 Å². The fraction of sp³-hybridized carbons (Fsp3) is 0.250. The Balaban J connectivity index is 1.45. The van der Waals surface area contributed by atoms with E-state index in [2.05, 4.69) is 10.6 Å². The van der Waals surface area contributed by atoms with Gasteiger partial charge in [-0.05, 0) is 40.9 Å². The molecule has 8 heteroatoms. The molecule has 0 fully saturated rings. The van der Waals surface area contributed by atoms with Gasteiger partial charge in [0.1, 0.15) is 0 Å². The van der Waals surface area contributed by atoms with Gasteiger partial charge in [0, 0.05) is 18.3 Å². The molecule has 0 bridgehead atoms. The summed E-state index contributed by atoms with van der Waals surface area (Å²) in [6, 6.07) is 6.70. The second-order valence-corrected chi connectivity index (χ2v) is 5.92. The maximum Gasteiger partial charge on any atom is 0.313 e. The van der Waals surface area contributed by atoms with Crippen LogP contribution in [0, 0.1) is 0 Å². The summed E-state index contributed by atoms with van der Waals surface area (Å²) in [4.78, 5) is 23.7. The second kappa shape index (κ2) is 7.33. The van der Waals surface area contributed by atoms with Gasteiger partial charge in [-0.3, -0.25) is 9.59 Å². The minimum Gasteiger partial charge on any atom is -0.454 e. The average Bonchev–Trinajstić information content (AvgIpc) is 3.25. The highest BCUT2D eigenvalue weighted by Crippen LogP contribution is 2.34. The van der Waals surface area contributed by atoms with Crippen LogP contribution in [0.2, 0.25) is 0 Å². The lowest BCUT2D eigenvalue weighted by Crippen LogP contribution is -2.36. The quantitative estimate of drug-likeness (QED) is 0.714. The first-order valence-corrected chi connectivity index (χ1v) is 8.27. The SMILES string of the molecule is O=C(NCCC(O)c1ccsc1)C(=O)Nc1ccc2c(c1)OCO2. The standard InChI is InChI=1S/C16H16N2O5S/c19-12(10-4-6-24-8-10)3-5-17-15(20)16(21)18-11-1-2-13-14(7-11)23-9-22-13/h1-2,4,6-8,12,19H,3,5,9H2,(H,17,20)(H,18,21). The molecule has 3 rings (SSSR count). The monoisotopic (exact) mass is 348 g/mol. The first-order chi connectivity index (χ1) is 11.6. The Morgan fingerprint density at radius 1 is 1.21 bits per heavy atom. The summed E-state index contributed by atoms with van der Waals surface area (Å²) in [5, 5.41) is 18.6. The number of carbonyl (C=O) groups is 2. The van der Waals surface area contributed by atoms with Crippen LogP contribution in [0.15, 0.2) is 35.0 Å². The predicted molar refractivity (Wildman–Crippen MR) is 88.1 cm³/mol. The minimum atomic E-state index is -0.779. The molecule has 0 spiro atoms. The maximum absolute atomic E-state index is 11.9. The predicted octanol–water partition coefficient (Wildman–Crippen LogP) is 1.66. The van der Waals surface area contributed by atoms with E-state index in [1.165, 1.54) is 11.3 Å². The van der Waals surface area contributed by atoms with E-state index in [0.29, 0.717) is 23.6 Å². The van der Waals surface area contributed by atoms with Gasteiger partial charge < -0.3 is 25.2 Å². The molecule has 2 amide bonds. The molecule has 1 atom stereocenters. The highest BCUT2D eigenvalue weighted by Gasteiger charge is 2.17. The van der Waals surface area contributed by atoms with Crippen molar-refractivity contribution in [1.29, 1.82) is 0 Å². The lowest BCUT2D eigenvalue weighted by Gasteiger charge is -2.10. The smallest absolute Gasteiger partial charge is 0.313 e. The van der Waals surface area contributed by atoms with Crippen molar-refractivity contribution in [2.24, 2.45) is 0 Å². The summed E-state index contributed by atoms with van der Waals surface area (Å²) in [6.45, 7) is 0.337. The van der Waals surface area contributed by atoms with E-state index in [-0.39, 0.29) is 13.3 Å². The van der Waals surface area contributed by atoms with E-state index < -0.39 is 17.9 Å². The number of carbonyl (C=O) groups excluding carboxylic acids is 2. The molecule has 1 aliphatic heterocycles. The Kier molecular flexibility index (Phi) is 4.97. The van der Waals surface area contributed by atoms with Gasteiger partial charge in [0.15, 0.2) is 11.5 Å². The summed E-state index contributed by atoms with van der Waals surface area (Å²) >= 11 is 1.49. The van der Waals surface area contributed by atoms with Gasteiger partial charge in [0.2, 0.25) is 6.79 Å². The molecule has 126 valence electrons. The first kappa shape index (κ1) is 16.3. The zero-order valence-electron chi connectivity index (χ0n) is 12.7. The van der Waals surface area contributed by atoms with Crippen LogP contribution in [0.3, 0.4) is 0 Å². The zero-order valence-corrected chi connectivity index (χ0v) is 13.5. The third kappa shape index (κ3) is 3.84. The Labute approximate surface area is 142 Å². The highest BCUT2D eigenvalue weighted by atomic mass is 32.1. The lowest BCUT2D eigenvalue weighted by molar-refractivity contribution is -0.136. The minimum absolute atomic E-state index is 0.139. The first-order valence-electron chi connectivity index (χ1n) is 7.32. The van der Waals surface area contributed by atoms with E-state index in [1.807, 2.05) is 16.8 Å². The Bertz CT molecular complexity index is 732. The summed E-state index contributed by atoms with van der Waals surface area (Å²) in [6.07, 6.45) is -0.326. The molecule has 0 saturated heterocycles. The topological polar surface area (TPSA) is 96.9 Å². The number of rotatable bonds is 5. The van der Waals surface area contributed by atoms with Crippen LogP contribution in [-0.4, -0.2) is 30.3 Å². The molecule has 0 saturated carbocycles. The van der Waals surface area contributed by atoms with Crippen LogP contribution in [0.1, 0.15) is 18.1 Å². The van der Waals surface area contributed by atoms with Crippen LogP contribution >= 0.6 is 11.3 Å². The number of fused-ring (bicyclic) bond motifs is 1. The molecule has 0 radical (unpaired) electrons. The van der Waals surface area contributed by atoms with Gasteiger partial charge in [0.25, 0.3) is 0 Å². The zero-order chi connectivity index (χ0) is 16.9. The highest BCUT2D eigenvalue weighted by molar-refractivity contribution is 7.07. The largest absolute Gasteiger partial charge is 0.454 e. The Morgan fingerprint density at radius 3 is 2.83 bits per heavy atom. The van der Waals surface area contributed by atoms with Crippen LogP contribution in [0.4, 0.5) is 5.69 Å². The van der Waals surface area contributed by atoms with Crippen molar-refractivity contribution in [2.75, 3.05) is 18.7 Å². The molecule has 1 aliphatic rings. The molecule has 3 N–H and O–H groups in total. The molecule has 7 nitrogen and oxygen atoms in total. The van der Waals surface area contributed by atoms with Gasteiger partial charge in [-0.2, -0.15) is 11.3 Å². The van der Waals surface area contributed by atoms with Gasteiger partial charge in [-0.15, -0.1) is 0 Å². The number of thiophene rings is 1. The number of benzene rings is 1. The summed E-state index contributed by atoms with van der Waals surface area (Å²) in [5.41, 5.74) is 1.25. The normalized spacial score (nSPS) is 13.4. The number of nitrogens with one attached hydrogen (secondary N) is 2. The van der Waals surface area contributed by atoms with Crippen molar-refractivity contribution in [3.05, 3.63) is 40.6 Å². The number of anilines is 1. The molecule has 1 aromatic heterocycles. The van der Waals surface area contributed by atoms with Crippen LogP contribution in [0.25, 0.3) is 0 Å². The molecule has 0 aliphatic carbocycles. The average molecular weight is 348 g/mol. The summed E-state index contributed by atoms with van der Waals surface area (Å²) in [5.74, 6) is -0.420. The van der Waals surface area contributed by atoms with Crippen molar-refractivity contribution in [3.63, 3.8) is 0 Å². The fourth-order valence-corrected chi connectivity index (χ4v) is 2.90. The fourth-order valence-electron chi connectivity index (χ4n) is 2.20. The van der Waals surface area contributed by atoms with Crippen molar-refractivity contribution < 1.29 is 24.2 Å². The van der Waals surface area contributed by atoms with Crippen molar-refractivity contribution >= 4 is 28.8 Å². The number of hydrogen-bond donors (Lipinski definition) is 3. The second-order valence-electron chi connectivity index (χ2n) is 5.14. The number of hydrogen-bond acceptors (Lipinski definition) is 6. The van der Waals surface area contributed by atoms with Crippen molar-refractivity contribution in [1.82, 2.24) is 5.32 Å². The Hall–Kier alpha value is -2.58.